The normalized spacial score (nSPS) is 10.5. The predicted octanol–water partition coefficient (Wildman–Crippen LogP) is 3.74. The molecule has 0 bridgehead atoms. The monoisotopic (exact) mass is 337 g/mol. The molecule has 5 nitrogen and oxygen atoms in total. The quantitative estimate of drug-likeness (QED) is 0.742. The Kier molecular flexibility index (Phi) is 5.18. The van der Waals surface area contributed by atoms with E-state index >= 15 is 0 Å². The molecule has 0 spiro atoms. The first-order chi connectivity index (χ1) is 12.1. The van der Waals surface area contributed by atoms with Crippen LogP contribution in [0.15, 0.2) is 54.9 Å². The van der Waals surface area contributed by atoms with Crippen molar-refractivity contribution in [2.75, 3.05) is 23.8 Å². The SMILES string of the molecule is Cc1cc(N(C)CCc2ccncc2)nc(Nc2ccc(F)cc2)n1. The van der Waals surface area contributed by atoms with Gasteiger partial charge in [-0.25, -0.2) is 9.37 Å². The Balaban J connectivity index is 1.70. The summed E-state index contributed by atoms with van der Waals surface area (Å²) >= 11 is 0. The van der Waals surface area contributed by atoms with Gasteiger partial charge >= 0.3 is 0 Å². The molecule has 128 valence electrons. The van der Waals surface area contributed by atoms with Crippen LogP contribution in [-0.4, -0.2) is 28.5 Å². The predicted molar refractivity (Wildman–Crippen MR) is 97.7 cm³/mol. The fourth-order valence-corrected chi connectivity index (χ4v) is 2.43. The molecule has 1 N–H and O–H groups in total. The average molecular weight is 337 g/mol. The number of aromatic nitrogens is 3. The van der Waals surface area contributed by atoms with Gasteiger partial charge in [-0.1, -0.05) is 0 Å². The Morgan fingerprint density at radius 2 is 1.76 bits per heavy atom. The third kappa shape index (κ3) is 4.73. The Hall–Kier alpha value is -3.02. The third-order valence-electron chi connectivity index (χ3n) is 3.82. The van der Waals surface area contributed by atoms with Crippen LogP contribution in [0.3, 0.4) is 0 Å². The molecule has 0 amide bonds. The highest BCUT2D eigenvalue weighted by atomic mass is 19.1. The van der Waals surface area contributed by atoms with E-state index in [9.17, 15) is 4.39 Å². The molecule has 0 unspecified atom stereocenters. The van der Waals surface area contributed by atoms with Gasteiger partial charge in [0, 0.05) is 43.4 Å². The van der Waals surface area contributed by atoms with Crippen LogP contribution in [0, 0.1) is 12.7 Å². The smallest absolute Gasteiger partial charge is 0.229 e. The molecule has 0 aliphatic rings. The van der Waals surface area contributed by atoms with Gasteiger partial charge in [-0.2, -0.15) is 4.98 Å². The van der Waals surface area contributed by atoms with Crippen molar-refractivity contribution in [3.05, 3.63) is 71.9 Å². The fourth-order valence-electron chi connectivity index (χ4n) is 2.43. The molecule has 0 aliphatic carbocycles. The third-order valence-corrected chi connectivity index (χ3v) is 3.82. The Bertz CT molecular complexity index is 821. The van der Waals surface area contributed by atoms with Gasteiger partial charge in [0.25, 0.3) is 0 Å². The van der Waals surface area contributed by atoms with E-state index in [-0.39, 0.29) is 5.82 Å². The van der Waals surface area contributed by atoms with Crippen molar-refractivity contribution in [1.29, 1.82) is 0 Å². The van der Waals surface area contributed by atoms with Gasteiger partial charge in [-0.15, -0.1) is 0 Å². The zero-order valence-corrected chi connectivity index (χ0v) is 14.3. The standard InChI is InChI=1S/C19H20FN5/c1-14-13-18(25(2)12-9-15-7-10-21-11-8-15)24-19(22-14)23-17-5-3-16(20)4-6-17/h3-8,10-11,13H,9,12H2,1-2H3,(H,22,23,24). The molecule has 3 rings (SSSR count). The van der Waals surface area contributed by atoms with E-state index in [4.69, 9.17) is 0 Å². The average Bonchev–Trinajstić information content (AvgIpc) is 2.62. The number of benzene rings is 1. The lowest BCUT2D eigenvalue weighted by atomic mass is 10.2. The van der Waals surface area contributed by atoms with Crippen molar-refractivity contribution in [2.45, 2.75) is 13.3 Å². The molecule has 0 atom stereocenters. The van der Waals surface area contributed by atoms with Gasteiger partial charge < -0.3 is 10.2 Å². The van der Waals surface area contributed by atoms with Crippen LogP contribution >= 0.6 is 0 Å². The first kappa shape index (κ1) is 16.8. The Labute approximate surface area is 146 Å². The summed E-state index contributed by atoms with van der Waals surface area (Å²) in [4.78, 5) is 15.1. The van der Waals surface area contributed by atoms with Crippen molar-refractivity contribution >= 4 is 17.5 Å². The molecular weight excluding hydrogens is 317 g/mol. The lowest BCUT2D eigenvalue weighted by Gasteiger charge is -2.19. The van der Waals surface area contributed by atoms with Crippen molar-refractivity contribution in [3.8, 4) is 0 Å². The second-order valence-electron chi connectivity index (χ2n) is 5.85. The van der Waals surface area contributed by atoms with Crippen LogP contribution in [0.1, 0.15) is 11.3 Å². The number of nitrogens with zero attached hydrogens (tertiary/aromatic N) is 4. The van der Waals surface area contributed by atoms with E-state index in [1.165, 1.54) is 17.7 Å². The van der Waals surface area contributed by atoms with Crippen LogP contribution in [0.2, 0.25) is 0 Å². The minimum Gasteiger partial charge on any atom is -0.359 e. The molecular formula is C19H20FN5. The zero-order chi connectivity index (χ0) is 17.6. The number of anilines is 3. The van der Waals surface area contributed by atoms with Gasteiger partial charge in [0.15, 0.2) is 0 Å². The van der Waals surface area contributed by atoms with E-state index in [0.717, 1.165) is 30.2 Å². The maximum Gasteiger partial charge on any atom is 0.229 e. The lowest BCUT2D eigenvalue weighted by molar-refractivity contribution is 0.628. The number of nitrogens with one attached hydrogen (secondary N) is 1. The lowest BCUT2D eigenvalue weighted by Crippen LogP contribution is -2.22. The fraction of sp³-hybridized carbons (Fsp3) is 0.211. The van der Waals surface area contributed by atoms with Gasteiger partial charge in [-0.3, -0.25) is 4.98 Å². The molecule has 2 heterocycles. The molecule has 25 heavy (non-hydrogen) atoms. The first-order valence-corrected chi connectivity index (χ1v) is 8.08. The van der Waals surface area contributed by atoms with Crippen LogP contribution < -0.4 is 10.2 Å². The Morgan fingerprint density at radius 3 is 2.48 bits per heavy atom. The summed E-state index contributed by atoms with van der Waals surface area (Å²) in [5.41, 5.74) is 2.85. The zero-order valence-electron chi connectivity index (χ0n) is 14.3. The number of aryl methyl sites for hydroxylation is 1. The van der Waals surface area contributed by atoms with E-state index in [1.54, 1.807) is 24.5 Å². The summed E-state index contributed by atoms with van der Waals surface area (Å²) in [7, 11) is 2.00. The van der Waals surface area contributed by atoms with Crippen molar-refractivity contribution in [2.24, 2.45) is 0 Å². The van der Waals surface area contributed by atoms with Crippen LogP contribution in [0.25, 0.3) is 0 Å². The van der Waals surface area contributed by atoms with Crippen molar-refractivity contribution in [1.82, 2.24) is 15.0 Å². The van der Waals surface area contributed by atoms with Gasteiger partial charge in [0.1, 0.15) is 11.6 Å². The summed E-state index contributed by atoms with van der Waals surface area (Å²) in [6, 6.07) is 12.1. The summed E-state index contributed by atoms with van der Waals surface area (Å²) < 4.78 is 13.0. The summed E-state index contributed by atoms with van der Waals surface area (Å²) in [6.45, 7) is 2.76. The molecule has 0 saturated carbocycles. The van der Waals surface area contributed by atoms with Crippen LogP contribution in [0.5, 0.6) is 0 Å². The van der Waals surface area contributed by atoms with Crippen LogP contribution in [0.4, 0.5) is 21.8 Å². The molecule has 0 aliphatic heterocycles. The molecule has 0 saturated heterocycles. The first-order valence-electron chi connectivity index (χ1n) is 8.08. The van der Waals surface area contributed by atoms with Crippen molar-refractivity contribution in [3.63, 3.8) is 0 Å². The molecule has 0 fully saturated rings. The number of halogens is 1. The van der Waals surface area contributed by atoms with E-state index in [1.807, 2.05) is 32.2 Å². The second-order valence-corrected chi connectivity index (χ2v) is 5.85. The molecule has 6 heteroatoms. The number of hydrogen-bond acceptors (Lipinski definition) is 5. The minimum atomic E-state index is -0.271. The maximum absolute atomic E-state index is 13.0. The Morgan fingerprint density at radius 1 is 1.04 bits per heavy atom. The number of rotatable bonds is 6. The highest BCUT2D eigenvalue weighted by molar-refractivity contribution is 5.55. The van der Waals surface area contributed by atoms with Gasteiger partial charge in [0.2, 0.25) is 5.95 Å². The summed E-state index contributed by atoms with van der Waals surface area (Å²) in [5.74, 6) is 1.07. The molecule has 3 aromatic rings. The molecule has 0 radical (unpaired) electrons. The van der Waals surface area contributed by atoms with Crippen molar-refractivity contribution < 1.29 is 4.39 Å². The van der Waals surface area contributed by atoms with E-state index in [2.05, 4.69) is 25.2 Å². The highest BCUT2D eigenvalue weighted by Gasteiger charge is 2.08. The highest BCUT2D eigenvalue weighted by Crippen LogP contribution is 2.18. The maximum atomic E-state index is 13.0. The molecule has 2 aromatic heterocycles. The summed E-state index contributed by atoms with van der Waals surface area (Å²) in [5, 5.41) is 3.12. The topological polar surface area (TPSA) is 53.9 Å². The minimum absolute atomic E-state index is 0.271. The number of likely N-dealkylation sites (N-methyl/N-ethyl adjacent to an activating group) is 1. The largest absolute Gasteiger partial charge is 0.359 e. The second kappa shape index (κ2) is 7.70. The molecule has 1 aromatic carbocycles. The van der Waals surface area contributed by atoms with E-state index in [0.29, 0.717) is 5.95 Å². The van der Waals surface area contributed by atoms with Gasteiger partial charge in [-0.05, 0) is 55.3 Å². The number of hydrogen-bond donors (Lipinski definition) is 1. The van der Waals surface area contributed by atoms with Crippen LogP contribution in [-0.2, 0) is 6.42 Å². The van der Waals surface area contributed by atoms with E-state index < -0.39 is 0 Å². The number of pyridine rings is 1. The summed E-state index contributed by atoms with van der Waals surface area (Å²) in [6.07, 6.45) is 4.51. The van der Waals surface area contributed by atoms with Gasteiger partial charge in [0.05, 0.1) is 0 Å².